The molecule has 0 aliphatic carbocycles. The van der Waals surface area contributed by atoms with Gasteiger partial charge in [-0.15, -0.1) is 0 Å². The second-order valence-corrected chi connectivity index (χ2v) is 8.62. The molecule has 2 heterocycles. The minimum absolute atomic E-state index is 0.0456. The fraction of sp³-hybridized carbons (Fsp3) is 0.292. The van der Waals surface area contributed by atoms with Gasteiger partial charge in [0.05, 0.1) is 29.4 Å². The molecule has 1 fully saturated rings. The second-order valence-electron chi connectivity index (χ2n) is 8.21. The van der Waals surface area contributed by atoms with Crippen molar-refractivity contribution >= 4 is 45.6 Å². The molecule has 1 aromatic heterocycles. The number of benzene rings is 2. The average Bonchev–Trinajstić information content (AvgIpc) is 3.33. The Morgan fingerprint density at radius 3 is 2.86 bits per heavy atom. The van der Waals surface area contributed by atoms with E-state index in [1.165, 1.54) is 30.6 Å². The standard InChI is InChI=1S/C24H24ClF2N5O3/c1-32(2)7-5-19(27)24(33)31-21-10-16-20(11-22(21)35-15-6-8-34-12-15)28-13-29-23(16)30-14-3-4-18(26)17(25)9-14/h3-5,9-11,13,15H,6-8,12H2,1-2H3,(H,31,33)(H,28,29,30)/t15-/m0/s1. The van der Waals surface area contributed by atoms with Gasteiger partial charge in [0.25, 0.3) is 5.91 Å². The van der Waals surface area contributed by atoms with E-state index in [2.05, 4.69) is 20.6 Å². The van der Waals surface area contributed by atoms with Crippen LogP contribution >= 0.6 is 11.6 Å². The van der Waals surface area contributed by atoms with Gasteiger partial charge in [0.1, 0.15) is 29.8 Å². The largest absolute Gasteiger partial charge is 0.486 e. The molecule has 2 aromatic carbocycles. The third-order valence-corrected chi connectivity index (χ3v) is 5.49. The van der Waals surface area contributed by atoms with Crippen molar-refractivity contribution in [3.05, 3.63) is 59.4 Å². The zero-order valence-electron chi connectivity index (χ0n) is 19.1. The van der Waals surface area contributed by atoms with Crippen LogP contribution < -0.4 is 15.4 Å². The molecular weight excluding hydrogens is 480 g/mol. The van der Waals surface area contributed by atoms with E-state index in [0.29, 0.717) is 47.8 Å². The molecular formula is C24H24ClF2N5O3. The lowest BCUT2D eigenvalue weighted by Crippen LogP contribution is -2.19. The van der Waals surface area contributed by atoms with Crippen molar-refractivity contribution < 1.29 is 23.0 Å². The summed E-state index contributed by atoms with van der Waals surface area (Å²) >= 11 is 5.89. The van der Waals surface area contributed by atoms with Crippen LogP contribution in [0.1, 0.15) is 6.42 Å². The first-order valence-electron chi connectivity index (χ1n) is 10.9. The van der Waals surface area contributed by atoms with Gasteiger partial charge in [-0.05, 0) is 44.4 Å². The first-order chi connectivity index (χ1) is 16.8. The number of nitrogens with one attached hydrogen (secondary N) is 2. The van der Waals surface area contributed by atoms with Crippen LogP contribution in [0.5, 0.6) is 5.75 Å². The molecule has 0 spiro atoms. The van der Waals surface area contributed by atoms with Gasteiger partial charge in [0.2, 0.25) is 0 Å². The topological polar surface area (TPSA) is 88.6 Å². The number of aromatic nitrogens is 2. The normalized spacial score (nSPS) is 16.1. The zero-order chi connectivity index (χ0) is 24.9. The van der Waals surface area contributed by atoms with Crippen LogP contribution in [0, 0.1) is 5.82 Å². The van der Waals surface area contributed by atoms with Crippen LogP contribution in [-0.4, -0.2) is 60.7 Å². The molecule has 0 bridgehead atoms. The Kier molecular flexibility index (Phi) is 7.74. The van der Waals surface area contributed by atoms with E-state index in [1.807, 2.05) is 0 Å². The number of rotatable bonds is 8. The van der Waals surface area contributed by atoms with Gasteiger partial charge in [0, 0.05) is 30.1 Å². The van der Waals surface area contributed by atoms with E-state index in [-0.39, 0.29) is 23.4 Å². The SMILES string of the molecule is CN(C)CC=C(F)C(=O)Nc1cc2c(Nc3ccc(F)c(Cl)c3)ncnc2cc1O[C@H]1CCOC1. The Labute approximate surface area is 205 Å². The molecule has 1 atom stereocenters. The number of ether oxygens (including phenoxy) is 2. The van der Waals surface area contributed by atoms with Crippen LogP contribution in [0.2, 0.25) is 5.02 Å². The first kappa shape index (κ1) is 24.8. The average molecular weight is 504 g/mol. The minimum atomic E-state index is -0.919. The number of carbonyl (C=O) groups excluding carboxylic acids is 1. The van der Waals surface area contributed by atoms with E-state index in [1.54, 1.807) is 31.1 Å². The second kappa shape index (κ2) is 10.9. The number of halogens is 3. The number of nitrogens with zero attached hydrogens (tertiary/aromatic N) is 3. The maximum absolute atomic E-state index is 14.4. The predicted molar refractivity (Wildman–Crippen MR) is 130 cm³/mol. The van der Waals surface area contributed by atoms with E-state index < -0.39 is 17.6 Å². The quantitative estimate of drug-likeness (QED) is 0.431. The van der Waals surface area contributed by atoms with Gasteiger partial charge in [-0.3, -0.25) is 4.79 Å². The lowest BCUT2D eigenvalue weighted by atomic mass is 10.1. The number of hydrogen-bond acceptors (Lipinski definition) is 7. The summed E-state index contributed by atoms with van der Waals surface area (Å²) in [5.41, 5.74) is 1.27. The molecule has 2 N–H and O–H groups in total. The third kappa shape index (κ3) is 6.21. The highest BCUT2D eigenvalue weighted by Gasteiger charge is 2.22. The van der Waals surface area contributed by atoms with Crippen LogP contribution in [0.3, 0.4) is 0 Å². The number of carbonyl (C=O) groups is 1. The van der Waals surface area contributed by atoms with E-state index in [9.17, 15) is 13.6 Å². The molecule has 1 aliphatic rings. The molecule has 8 nitrogen and oxygen atoms in total. The molecule has 35 heavy (non-hydrogen) atoms. The summed E-state index contributed by atoms with van der Waals surface area (Å²) in [4.78, 5) is 22.8. The molecule has 0 saturated carbocycles. The van der Waals surface area contributed by atoms with E-state index in [0.717, 1.165) is 0 Å². The number of hydrogen-bond donors (Lipinski definition) is 2. The monoisotopic (exact) mass is 503 g/mol. The van der Waals surface area contributed by atoms with Gasteiger partial charge < -0.3 is 25.0 Å². The van der Waals surface area contributed by atoms with E-state index in [4.69, 9.17) is 21.1 Å². The number of likely N-dealkylation sites (N-methyl/N-ethyl adjacent to an activating group) is 1. The first-order valence-corrected chi connectivity index (χ1v) is 11.2. The lowest BCUT2D eigenvalue weighted by Gasteiger charge is -2.18. The summed E-state index contributed by atoms with van der Waals surface area (Å²) in [6.45, 7) is 1.24. The van der Waals surface area contributed by atoms with Crippen LogP contribution in [0.4, 0.5) is 26.0 Å². The Hall–Kier alpha value is -3.34. The fourth-order valence-electron chi connectivity index (χ4n) is 3.41. The highest BCUT2D eigenvalue weighted by atomic mass is 35.5. The van der Waals surface area contributed by atoms with Crippen LogP contribution in [-0.2, 0) is 9.53 Å². The Morgan fingerprint density at radius 2 is 2.14 bits per heavy atom. The van der Waals surface area contributed by atoms with Crippen molar-refractivity contribution in [1.82, 2.24) is 14.9 Å². The fourth-order valence-corrected chi connectivity index (χ4v) is 3.59. The molecule has 1 aliphatic heterocycles. The number of anilines is 3. The van der Waals surface area contributed by atoms with Gasteiger partial charge in [0.15, 0.2) is 5.83 Å². The summed E-state index contributed by atoms with van der Waals surface area (Å²) in [5, 5.41) is 6.14. The third-order valence-electron chi connectivity index (χ3n) is 5.20. The summed E-state index contributed by atoms with van der Waals surface area (Å²) in [6.07, 6.45) is 3.03. The van der Waals surface area contributed by atoms with Crippen molar-refractivity contribution in [3.8, 4) is 5.75 Å². The Bertz CT molecular complexity index is 1270. The highest BCUT2D eigenvalue weighted by molar-refractivity contribution is 6.31. The number of amides is 1. The van der Waals surface area contributed by atoms with Gasteiger partial charge in [-0.25, -0.2) is 18.7 Å². The van der Waals surface area contributed by atoms with Crippen LogP contribution in [0.25, 0.3) is 10.9 Å². The molecule has 0 radical (unpaired) electrons. The van der Waals surface area contributed by atoms with Crippen molar-refractivity contribution in [2.75, 3.05) is 44.5 Å². The summed E-state index contributed by atoms with van der Waals surface area (Å²) in [5.74, 6) is -1.66. The molecule has 3 aromatic rings. The van der Waals surface area contributed by atoms with E-state index >= 15 is 0 Å². The molecule has 11 heteroatoms. The van der Waals surface area contributed by atoms with Crippen molar-refractivity contribution in [1.29, 1.82) is 0 Å². The summed E-state index contributed by atoms with van der Waals surface area (Å²) in [6, 6.07) is 7.43. The zero-order valence-corrected chi connectivity index (χ0v) is 19.9. The van der Waals surface area contributed by atoms with Crippen molar-refractivity contribution in [2.24, 2.45) is 0 Å². The minimum Gasteiger partial charge on any atom is -0.486 e. The summed E-state index contributed by atoms with van der Waals surface area (Å²) in [7, 11) is 3.53. The smallest absolute Gasteiger partial charge is 0.284 e. The lowest BCUT2D eigenvalue weighted by molar-refractivity contribution is -0.114. The highest BCUT2D eigenvalue weighted by Crippen LogP contribution is 2.35. The molecule has 184 valence electrons. The maximum atomic E-state index is 14.4. The number of fused-ring (bicyclic) bond motifs is 1. The van der Waals surface area contributed by atoms with Crippen molar-refractivity contribution in [3.63, 3.8) is 0 Å². The molecule has 1 saturated heterocycles. The molecule has 1 amide bonds. The predicted octanol–water partition coefficient (Wildman–Crippen LogP) is 4.69. The van der Waals surface area contributed by atoms with Gasteiger partial charge in [-0.2, -0.15) is 0 Å². The van der Waals surface area contributed by atoms with Crippen molar-refractivity contribution in [2.45, 2.75) is 12.5 Å². The van der Waals surface area contributed by atoms with Gasteiger partial charge >= 0.3 is 0 Å². The maximum Gasteiger partial charge on any atom is 0.284 e. The molecule has 0 unspecified atom stereocenters. The van der Waals surface area contributed by atoms with Crippen LogP contribution in [0.15, 0.2) is 48.6 Å². The molecule has 4 rings (SSSR count). The van der Waals surface area contributed by atoms with Gasteiger partial charge in [-0.1, -0.05) is 11.6 Å². The summed E-state index contributed by atoms with van der Waals surface area (Å²) < 4.78 is 39.4. The Balaban J connectivity index is 1.70. The Morgan fingerprint density at radius 1 is 1.31 bits per heavy atom.